The minimum absolute atomic E-state index is 0.174. The molecule has 0 saturated carbocycles. The Kier molecular flexibility index (Phi) is 4.49. The van der Waals surface area contributed by atoms with E-state index in [0.717, 1.165) is 24.5 Å². The van der Waals surface area contributed by atoms with Crippen LogP contribution in [-0.4, -0.2) is 43.3 Å². The molecule has 0 radical (unpaired) electrons. The van der Waals surface area contributed by atoms with E-state index >= 15 is 0 Å². The summed E-state index contributed by atoms with van der Waals surface area (Å²) in [5, 5.41) is 8.81. The van der Waals surface area contributed by atoms with Gasteiger partial charge in [-0.15, -0.1) is 0 Å². The Hall–Kier alpha value is -1.75. The topological polar surface area (TPSA) is 59.0 Å². The smallest absolute Gasteiger partial charge is 0.304 e. The van der Waals surface area contributed by atoms with Gasteiger partial charge in [-0.3, -0.25) is 9.69 Å². The van der Waals surface area contributed by atoms with Crippen LogP contribution in [0, 0.1) is 0 Å². The maximum Gasteiger partial charge on any atom is 0.304 e. The first kappa shape index (κ1) is 14.7. The van der Waals surface area contributed by atoms with Crippen LogP contribution in [0.25, 0.3) is 0 Å². The normalized spacial score (nSPS) is 18.4. The number of hydrogen-bond donors (Lipinski definition) is 1. The zero-order chi connectivity index (χ0) is 14.7. The van der Waals surface area contributed by atoms with Crippen LogP contribution in [0.4, 0.5) is 0 Å². The van der Waals surface area contributed by atoms with E-state index in [4.69, 9.17) is 14.6 Å². The standard InChI is InChI=1S/C15H21NO4/c1-10-12-9-14(20-3)13(19-2)8-11(12)4-6-16(10)7-5-15(17)18/h8-10H,4-7H2,1-3H3,(H,17,18). The molecule has 1 aliphatic heterocycles. The maximum absolute atomic E-state index is 10.7. The molecule has 5 heteroatoms. The lowest BCUT2D eigenvalue weighted by atomic mass is 9.92. The highest BCUT2D eigenvalue weighted by molar-refractivity contribution is 5.66. The van der Waals surface area contributed by atoms with E-state index in [2.05, 4.69) is 11.8 Å². The number of aliphatic carboxylic acids is 1. The average molecular weight is 279 g/mol. The number of carboxylic acid groups (broad SMARTS) is 1. The molecule has 5 nitrogen and oxygen atoms in total. The van der Waals surface area contributed by atoms with Crippen molar-refractivity contribution in [3.63, 3.8) is 0 Å². The van der Waals surface area contributed by atoms with Crippen LogP contribution in [0.5, 0.6) is 11.5 Å². The molecule has 0 aliphatic carbocycles. The van der Waals surface area contributed by atoms with E-state index in [1.165, 1.54) is 11.1 Å². The summed E-state index contributed by atoms with van der Waals surface area (Å²) in [6.07, 6.45) is 1.08. The van der Waals surface area contributed by atoms with Gasteiger partial charge in [-0.25, -0.2) is 0 Å². The van der Waals surface area contributed by atoms with Crippen LogP contribution in [0.3, 0.4) is 0 Å². The summed E-state index contributed by atoms with van der Waals surface area (Å²) in [5.41, 5.74) is 2.45. The van der Waals surface area contributed by atoms with Crippen molar-refractivity contribution in [3.8, 4) is 11.5 Å². The van der Waals surface area contributed by atoms with E-state index < -0.39 is 5.97 Å². The molecule has 1 aliphatic rings. The number of rotatable bonds is 5. The van der Waals surface area contributed by atoms with Gasteiger partial charge in [-0.2, -0.15) is 0 Å². The van der Waals surface area contributed by atoms with Crippen LogP contribution in [0.2, 0.25) is 0 Å². The number of hydrogen-bond acceptors (Lipinski definition) is 4. The molecule has 1 unspecified atom stereocenters. The molecular formula is C15H21NO4. The largest absolute Gasteiger partial charge is 0.493 e. The van der Waals surface area contributed by atoms with Gasteiger partial charge in [0.15, 0.2) is 11.5 Å². The number of fused-ring (bicyclic) bond motifs is 1. The van der Waals surface area contributed by atoms with Crippen molar-refractivity contribution in [2.24, 2.45) is 0 Å². The highest BCUT2D eigenvalue weighted by Crippen LogP contribution is 2.37. The molecule has 1 aromatic rings. The lowest BCUT2D eigenvalue weighted by molar-refractivity contribution is -0.137. The zero-order valence-electron chi connectivity index (χ0n) is 12.2. The van der Waals surface area contributed by atoms with Crippen molar-refractivity contribution in [1.82, 2.24) is 4.90 Å². The lowest BCUT2D eigenvalue weighted by Crippen LogP contribution is -2.35. The zero-order valence-corrected chi connectivity index (χ0v) is 12.2. The maximum atomic E-state index is 10.7. The molecule has 0 saturated heterocycles. The number of ether oxygens (including phenoxy) is 2. The van der Waals surface area contributed by atoms with Crippen molar-refractivity contribution < 1.29 is 19.4 Å². The first-order valence-electron chi connectivity index (χ1n) is 6.77. The first-order valence-corrected chi connectivity index (χ1v) is 6.77. The van der Waals surface area contributed by atoms with Crippen LogP contribution < -0.4 is 9.47 Å². The molecule has 1 N–H and O–H groups in total. The summed E-state index contributed by atoms with van der Waals surface area (Å²) in [7, 11) is 3.26. The van der Waals surface area contributed by atoms with Crippen LogP contribution in [0.15, 0.2) is 12.1 Å². The van der Waals surface area contributed by atoms with Crippen molar-refractivity contribution in [2.75, 3.05) is 27.3 Å². The van der Waals surface area contributed by atoms with Gasteiger partial charge in [0.2, 0.25) is 0 Å². The number of carbonyl (C=O) groups is 1. The highest BCUT2D eigenvalue weighted by Gasteiger charge is 2.25. The number of nitrogens with zero attached hydrogens (tertiary/aromatic N) is 1. The second-order valence-electron chi connectivity index (χ2n) is 5.01. The molecular weight excluding hydrogens is 258 g/mol. The minimum Gasteiger partial charge on any atom is -0.493 e. The van der Waals surface area contributed by atoms with Crippen molar-refractivity contribution >= 4 is 5.97 Å². The highest BCUT2D eigenvalue weighted by atomic mass is 16.5. The summed E-state index contributed by atoms with van der Waals surface area (Å²) in [5.74, 6) is 0.714. The molecule has 0 amide bonds. The van der Waals surface area contributed by atoms with E-state index in [1.54, 1.807) is 14.2 Å². The van der Waals surface area contributed by atoms with Crippen LogP contribution >= 0.6 is 0 Å². The van der Waals surface area contributed by atoms with Gasteiger partial charge in [-0.1, -0.05) is 0 Å². The Balaban J connectivity index is 2.24. The summed E-state index contributed by atoms with van der Waals surface area (Å²) in [6.45, 7) is 3.55. The fraction of sp³-hybridized carbons (Fsp3) is 0.533. The van der Waals surface area contributed by atoms with Gasteiger partial charge in [0, 0.05) is 19.1 Å². The Morgan fingerprint density at radius 3 is 2.60 bits per heavy atom. The van der Waals surface area contributed by atoms with Gasteiger partial charge in [-0.05, 0) is 36.6 Å². The second-order valence-corrected chi connectivity index (χ2v) is 5.01. The van der Waals surface area contributed by atoms with Crippen molar-refractivity contribution in [2.45, 2.75) is 25.8 Å². The van der Waals surface area contributed by atoms with Crippen molar-refractivity contribution in [1.29, 1.82) is 0 Å². The van der Waals surface area contributed by atoms with Crippen LogP contribution in [-0.2, 0) is 11.2 Å². The summed E-state index contributed by atoms with van der Waals surface area (Å²) < 4.78 is 10.7. The molecule has 2 rings (SSSR count). The molecule has 1 heterocycles. The van der Waals surface area contributed by atoms with Gasteiger partial charge in [0.25, 0.3) is 0 Å². The minimum atomic E-state index is -0.754. The molecule has 1 aromatic carbocycles. The van der Waals surface area contributed by atoms with E-state index in [9.17, 15) is 4.79 Å². The van der Waals surface area contributed by atoms with E-state index in [1.807, 2.05) is 12.1 Å². The molecule has 0 bridgehead atoms. The third kappa shape index (κ3) is 2.88. The Morgan fingerprint density at radius 1 is 1.35 bits per heavy atom. The lowest BCUT2D eigenvalue weighted by Gasteiger charge is -2.35. The number of methoxy groups -OCH3 is 2. The SMILES string of the molecule is COc1cc2c(cc1OC)C(C)N(CCC(=O)O)CC2. The summed E-state index contributed by atoms with van der Waals surface area (Å²) in [6, 6.07) is 4.23. The molecule has 0 spiro atoms. The number of benzene rings is 1. The molecule has 1 atom stereocenters. The van der Waals surface area contributed by atoms with Gasteiger partial charge in [0.1, 0.15) is 0 Å². The molecule has 110 valence electrons. The summed E-state index contributed by atoms with van der Waals surface area (Å²) >= 11 is 0. The first-order chi connectivity index (χ1) is 9.56. The summed E-state index contributed by atoms with van der Waals surface area (Å²) in [4.78, 5) is 12.9. The third-order valence-corrected chi connectivity index (χ3v) is 3.92. The fourth-order valence-corrected chi connectivity index (χ4v) is 2.74. The Labute approximate surface area is 119 Å². The Bertz CT molecular complexity index is 501. The Morgan fingerprint density at radius 2 is 2.00 bits per heavy atom. The molecule has 0 fully saturated rings. The molecule has 20 heavy (non-hydrogen) atoms. The van der Waals surface area contributed by atoms with E-state index in [0.29, 0.717) is 6.54 Å². The quantitative estimate of drug-likeness (QED) is 0.894. The van der Waals surface area contributed by atoms with Gasteiger partial charge >= 0.3 is 5.97 Å². The number of carboxylic acids is 1. The predicted octanol–water partition coefficient (Wildman–Crippen LogP) is 2.10. The second kappa shape index (κ2) is 6.13. The van der Waals surface area contributed by atoms with Crippen molar-refractivity contribution in [3.05, 3.63) is 23.3 Å². The van der Waals surface area contributed by atoms with E-state index in [-0.39, 0.29) is 12.5 Å². The average Bonchev–Trinajstić information content (AvgIpc) is 2.45. The third-order valence-electron chi connectivity index (χ3n) is 3.92. The molecule has 0 aromatic heterocycles. The predicted molar refractivity (Wildman–Crippen MR) is 75.5 cm³/mol. The monoisotopic (exact) mass is 279 g/mol. The van der Waals surface area contributed by atoms with Gasteiger partial charge < -0.3 is 14.6 Å². The fourth-order valence-electron chi connectivity index (χ4n) is 2.74. The van der Waals surface area contributed by atoms with Gasteiger partial charge in [0.05, 0.1) is 20.6 Å². The van der Waals surface area contributed by atoms with Crippen LogP contribution in [0.1, 0.15) is 30.5 Å².